The Labute approximate surface area is 471 Å². The minimum atomic E-state index is -1.79. The van der Waals surface area contributed by atoms with Crippen LogP contribution in [-0.4, -0.2) is 140 Å². The number of allylic oxidation sites excluding steroid dienone is 13. The van der Waals surface area contributed by atoms with Crippen LogP contribution in [0.5, 0.6) is 0 Å². The van der Waals surface area contributed by atoms with Gasteiger partial charge in [-0.05, 0) is 70.6 Å². The number of nitrogens with one attached hydrogen (secondary N) is 1. The predicted octanol–water partition coefficient (Wildman–Crippen LogP) is 10.9. The zero-order chi connectivity index (χ0) is 56.7. The Kier molecular flexibility index (Phi) is 44.6. The molecule has 12 unspecified atom stereocenters. The van der Waals surface area contributed by atoms with Crippen LogP contribution in [0.15, 0.2) is 85.1 Å². The fourth-order valence-corrected chi connectivity index (χ4v) is 9.65. The van der Waals surface area contributed by atoms with E-state index in [-0.39, 0.29) is 18.9 Å². The molecule has 2 saturated heterocycles. The van der Waals surface area contributed by atoms with Gasteiger partial charge in [-0.15, -0.1) is 0 Å². The molecule has 12 atom stereocenters. The summed E-state index contributed by atoms with van der Waals surface area (Å²) in [5.41, 5.74) is 0. The van der Waals surface area contributed by atoms with Crippen LogP contribution in [0, 0.1) is 0 Å². The topological polar surface area (TPSA) is 228 Å². The number of hydrogen-bond acceptors (Lipinski definition) is 13. The van der Waals surface area contributed by atoms with E-state index >= 15 is 0 Å². The quantitative estimate of drug-likeness (QED) is 0.0204. The summed E-state index contributed by atoms with van der Waals surface area (Å²) in [6.45, 7) is 2.67. The van der Waals surface area contributed by atoms with Crippen molar-refractivity contribution in [3.05, 3.63) is 85.1 Å². The summed E-state index contributed by atoms with van der Waals surface area (Å²) in [4.78, 5) is 13.3. The second-order valence-electron chi connectivity index (χ2n) is 21.5. The first-order chi connectivity index (χ1) is 38.1. The number of hydrogen-bond donors (Lipinski definition) is 9. The van der Waals surface area contributed by atoms with Gasteiger partial charge in [0.15, 0.2) is 12.6 Å². The van der Waals surface area contributed by atoms with E-state index in [0.29, 0.717) is 6.42 Å². The van der Waals surface area contributed by atoms with E-state index in [2.05, 4.69) is 92.1 Å². The number of amides is 1. The molecule has 0 aliphatic carbocycles. The molecule has 2 aliphatic rings. The van der Waals surface area contributed by atoms with Crippen molar-refractivity contribution in [1.29, 1.82) is 0 Å². The molecule has 2 aliphatic heterocycles. The zero-order valence-corrected chi connectivity index (χ0v) is 48.4. The van der Waals surface area contributed by atoms with E-state index in [0.717, 1.165) is 83.5 Å². The van der Waals surface area contributed by atoms with Gasteiger partial charge in [-0.25, -0.2) is 0 Å². The minimum absolute atomic E-state index is 0.247. The van der Waals surface area contributed by atoms with Crippen LogP contribution in [0.25, 0.3) is 0 Å². The van der Waals surface area contributed by atoms with Gasteiger partial charge in [0, 0.05) is 6.42 Å². The maximum Gasteiger partial charge on any atom is 0.220 e. The van der Waals surface area contributed by atoms with Gasteiger partial charge < -0.3 is 65.1 Å². The number of unbranched alkanes of at least 4 members (excludes halogenated alkanes) is 23. The van der Waals surface area contributed by atoms with Crippen molar-refractivity contribution in [2.24, 2.45) is 0 Å². The molecule has 1 amide bonds. The molecule has 450 valence electrons. The van der Waals surface area contributed by atoms with Crippen molar-refractivity contribution in [1.82, 2.24) is 5.32 Å². The molecule has 0 spiro atoms. The monoisotopic (exact) mass is 1100 g/mol. The minimum Gasteiger partial charge on any atom is -0.394 e. The lowest BCUT2D eigenvalue weighted by atomic mass is 9.97. The van der Waals surface area contributed by atoms with Crippen LogP contribution in [0.1, 0.15) is 219 Å². The average Bonchev–Trinajstić information content (AvgIpc) is 3.47. The van der Waals surface area contributed by atoms with Crippen molar-refractivity contribution in [2.45, 2.75) is 293 Å². The highest BCUT2D eigenvalue weighted by Crippen LogP contribution is 2.30. The molecular formula is C64H111NO13. The SMILES string of the molecule is CC/C=C\C/C=C\C/C=C\C/C=C\C/C=C\C/C=C\CCCCCCCCCCCCC(=O)NC(COC1OC(CO)C(OC2OC(CO)C(O)C(O)C2O)C(O)C1O)C(O)/C=C/CCCCCCCCCCCCCCC. The number of carbonyl (C=O) groups is 1. The summed E-state index contributed by atoms with van der Waals surface area (Å²) in [6.07, 6.45) is 49.0. The fraction of sp³-hybridized carbons (Fsp3) is 0.766. The summed E-state index contributed by atoms with van der Waals surface area (Å²) >= 11 is 0. The Balaban J connectivity index is 1.72. The molecule has 78 heavy (non-hydrogen) atoms. The van der Waals surface area contributed by atoms with Gasteiger partial charge in [0.2, 0.25) is 5.91 Å². The lowest BCUT2D eigenvalue weighted by molar-refractivity contribution is -0.359. The van der Waals surface area contributed by atoms with Crippen LogP contribution in [0.4, 0.5) is 0 Å². The van der Waals surface area contributed by atoms with Crippen molar-refractivity contribution in [3.8, 4) is 0 Å². The van der Waals surface area contributed by atoms with Crippen LogP contribution >= 0.6 is 0 Å². The number of ether oxygens (including phenoxy) is 4. The first-order valence-electron chi connectivity index (χ1n) is 30.8. The largest absolute Gasteiger partial charge is 0.394 e. The van der Waals surface area contributed by atoms with E-state index in [1.54, 1.807) is 6.08 Å². The second kappa shape index (κ2) is 48.8. The third kappa shape index (κ3) is 33.8. The van der Waals surface area contributed by atoms with Crippen molar-refractivity contribution >= 4 is 5.91 Å². The normalized spacial score (nSPS) is 25.2. The summed E-state index contributed by atoms with van der Waals surface area (Å²) < 4.78 is 22.8. The summed E-state index contributed by atoms with van der Waals surface area (Å²) in [5.74, 6) is -0.247. The van der Waals surface area contributed by atoms with Gasteiger partial charge >= 0.3 is 0 Å². The molecule has 0 saturated carbocycles. The summed E-state index contributed by atoms with van der Waals surface area (Å²) in [6, 6.07) is -0.922. The molecule has 0 aromatic rings. The van der Waals surface area contributed by atoms with E-state index in [9.17, 15) is 45.6 Å². The standard InChI is InChI=1S/C64H111NO13/c1-3-5-7-9-11-13-15-17-19-20-21-22-23-24-25-26-27-28-29-30-31-32-34-36-38-40-42-44-46-48-56(69)65-52(53(68)47-45-43-41-39-37-35-33-18-16-14-12-10-8-6-4-2)51-75-63-61(74)59(72)62(55(50-67)77-63)78-64-60(73)58(71)57(70)54(49-66)76-64/h5,7,11,13,17,19,21-22,24-25,27-28,45,47,52-55,57-64,66-68,70-74H,3-4,6,8-10,12,14-16,18,20,23,26,29-44,46,48-51H2,1-2H3,(H,65,69)/b7-5-,13-11-,19-17-,22-21-,25-24-,28-27-,47-45+. The summed E-state index contributed by atoms with van der Waals surface area (Å²) in [7, 11) is 0. The molecule has 2 rings (SSSR count). The number of rotatable bonds is 48. The Hall–Kier alpha value is -2.83. The van der Waals surface area contributed by atoms with E-state index in [1.165, 1.54) is 109 Å². The van der Waals surface area contributed by atoms with Crippen LogP contribution in [0.3, 0.4) is 0 Å². The summed E-state index contributed by atoms with van der Waals surface area (Å²) in [5, 5.41) is 87.1. The first-order valence-corrected chi connectivity index (χ1v) is 30.8. The Morgan fingerprint density at radius 2 is 0.885 bits per heavy atom. The maximum atomic E-state index is 13.3. The third-order valence-electron chi connectivity index (χ3n) is 14.6. The number of carbonyl (C=O) groups excluding carboxylic acids is 1. The molecule has 0 aromatic carbocycles. The Morgan fingerprint density at radius 1 is 0.474 bits per heavy atom. The number of aliphatic hydroxyl groups is 8. The molecule has 0 aromatic heterocycles. The lowest BCUT2D eigenvalue weighted by Gasteiger charge is -2.46. The second-order valence-corrected chi connectivity index (χ2v) is 21.5. The van der Waals surface area contributed by atoms with Crippen molar-refractivity contribution in [3.63, 3.8) is 0 Å². The fourth-order valence-electron chi connectivity index (χ4n) is 9.65. The average molecular weight is 1100 g/mol. The lowest BCUT2D eigenvalue weighted by Crippen LogP contribution is -2.65. The van der Waals surface area contributed by atoms with Gasteiger partial charge in [0.25, 0.3) is 0 Å². The molecule has 0 radical (unpaired) electrons. The van der Waals surface area contributed by atoms with Gasteiger partial charge in [-0.2, -0.15) is 0 Å². The smallest absolute Gasteiger partial charge is 0.220 e. The van der Waals surface area contributed by atoms with Gasteiger partial charge in [0.1, 0.15) is 48.8 Å². The van der Waals surface area contributed by atoms with Crippen LogP contribution in [0.2, 0.25) is 0 Å². The van der Waals surface area contributed by atoms with Crippen LogP contribution < -0.4 is 5.32 Å². The molecule has 14 heteroatoms. The molecule has 9 N–H and O–H groups in total. The highest BCUT2D eigenvalue weighted by molar-refractivity contribution is 5.76. The zero-order valence-electron chi connectivity index (χ0n) is 48.4. The molecule has 2 fully saturated rings. The highest BCUT2D eigenvalue weighted by atomic mass is 16.7. The first kappa shape index (κ1) is 71.3. The molecular weight excluding hydrogens is 991 g/mol. The predicted molar refractivity (Wildman–Crippen MR) is 313 cm³/mol. The van der Waals surface area contributed by atoms with Gasteiger partial charge in [0.05, 0.1) is 32.0 Å². The van der Waals surface area contributed by atoms with Gasteiger partial charge in [-0.1, -0.05) is 227 Å². The van der Waals surface area contributed by atoms with Crippen LogP contribution in [-0.2, 0) is 23.7 Å². The Bertz CT molecular complexity index is 1630. The third-order valence-corrected chi connectivity index (χ3v) is 14.6. The molecule has 14 nitrogen and oxygen atoms in total. The maximum absolute atomic E-state index is 13.3. The van der Waals surface area contributed by atoms with E-state index in [1.807, 2.05) is 6.08 Å². The molecule has 2 heterocycles. The number of aliphatic hydroxyl groups excluding tert-OH is 8. The van der Waals surface area contributed by atoms with Crippen molar-refractivity contribution in [2.75, 3.05) is 19.8 Å². The van der Waals surface area contributed by atoms with Gasteiger partial charge in [-0.3, -0.25) is 4.79 Å². The van der Waals surface area contributed by atoms with Crippen molar-refractivity contribution < 1.29 is 64.6 Å². The van der Waals surface area contributed by atoms with E-state index in [4.69, 9.17) is 18.9 Å². The molecule has 0 bridgehead atoms. The van der Waals surface area contributed by atoms with E-state index < -0.39 is 86.8 Å². The highest BCUT2D eigenvalue weighted by Gasteiger charge is 2.51. The Morgan fingerprint density at radius 3 is 1.36 bits per heavy atom.